The third-order valence-corrected chi connectivity index (χ3v) is 11.1. The fraction of sp³-hybridized carbons (Fsp3) is 0. The number of furan rings is 2. The van der Waals surface area contributed by atoms with Crippen LogP contribution in [0.4, 0.5) is 0 Å². The Morgan fingerprint density at radius 3 is 1.76 bits per heavy atom. The van der Waals surface area contributed by atoms with Gasteiger partial charge in [-0.25, -0.2) is 19.9 Å². The van der Waals surface area contributed by atoms with Gasteiger partial charge in [0.2, 0.25) is 0 Å². The number of rotatable bonds is 5. The zero-order valence-electron chi connectivity index (χ0n) is 30.9. The number of nitrogens with zero attached hydrogens (tertiary/aromatic N) is 4. The zero-order chi connectivity index (χ0) is 38.2. The second-order valence-corrected chi connectivity index (χ2v) is 14.6. The van der Waals surface area contributed by atoms with Crippen molar-refractivity contribution in [1.82, 2.24) is 19.9 Å². The molecular formula is C52H30N4O2. The van der Waals surface area contributed by atoms with E-state index in [2.05, 4.69) is 103 Å². The molecule has 4 aromatic heterocycles. The number of para-hydroxylation sites is 2. The maximum atomic E-state index is 6.85. The molecule has 0 bridgehead atoms. The molecular weight excluding hydrogens is 713 g/mol. The van der Waals surface area contributed by atoms with Crippen molar-refractivity contribution >= 4 is 65.7 Å². The molecule has 0 fully saturated rings. The number of aromatic nitrogens is 4. The Labute approximate surface area is 331 Å². The summed E-state index contributed by atoms with van der Waals surface area (Å²) in [6.45, 7) is 0. The highest BCUT2D eigenvalue weighted by Gasteiger charge is 2.24. The van der Waals surface area contributed by atoms with Crippen molar-refractivity contribution in [3.63, 3.8) is 0 Å². The van der Waals surface area contributed by atoms with Gasteiger partial charge in [-0.15, -0.1) is 0 Å². The number of pyridine rings is 1. The number of hydrogen-bond donors (Lipinski definition) is 0. The molecule has 0 radical (unpaired) electrons. The zero-order valence-corrected chi connectivity index (χ0v) is 30.9. The van der Waals surface area contributed by atoms with Gasteiger partial charge in [0.1, 0.15) is 22.3 Å². The standard InChI is InChI=1S/C52H30N4O2/c1-3-14-31(15-4-1)36-26-27-37(47-48-45(58-49(36)47)30-35-20-9-11-23-42(35)53-48)40-28-33-18-7-8-19-34(33)29-41(40)52-55-50(32-16-5-2-6-17-32)54-51(56-52)39-22-13-25-44-46(39)38-21-10-12-24-43(38)57-44/h1-30H. The van der Waals surface area contributed by atoms with Gasteiger partial charge in [0, 0.05) is 38.4 Å². The van der Waals surface area contributed by atoms with E-state index in [1.807, 2.05) is 78.9 Å². The van der Waals surface area contributed by atoms with E-state index in [9.17, 15) is 0 Å². The van der Waals surface area contributed by atoms with Gasteiger partial charge in [-0.3, -0.25) is 0 Å². The number of benzene rings is 8. The maximum Gasteiger partial charge on any atom is 0.164 e. The van der Waals surface area contributed by atoms with Gasteiger partial charge in [0.15, 0.2) is 23.1 Å². The largest absolute Gasteiger partial charge is 0.456 e. The van der Waals surface area contributed by atoms with Crippen LogP contribution in [0.2, 0.25) is 0 Å². The van der Waals surface area contributed by atoms with Crippen LogP contribution in [0.1, 0.15) is 0 Å². The summed E-state index contributed by atoms with van der Waals surface area (Å²) in [4.78, 5) is 21.1. The Bertz CT molecular complexity index is 3570. The van der Waals surface area contributed by atoms with Crippen molar-refractivity contribution in [2.45, 2.75) is 0 Å². The third kappa shape index (κ3) is 5.12. The first-order chi connectivity index (χ1) is 28.7. The Morgan fingerprint density at radius 1 is 0.328 bits per heavy atom. The molecule has 12 aromatic rings. The lowest BCUT2D eigenvalue weighted by atomic mass is 9.90. The summed E-state index contributed by atoms with van der Waals surface area (Å²) in [6, 6.07) is 62.2. The summed E-state index contributed by atoms with van der Waals surface area (Å²) in [5, 5.41) is 6.11. The second kappa shape index (κ2) is 12.8. The molecule has 0 aliphatic carbocycles. The van der Waals surface area contributed by atoms with E-state index in [1.54, 1.807) is 0 Å². The van der Waals surface area contributed by atoms with E-state index >= 15 is 0 Å². The molecule has 0 amide bonds. The topological polar surface area (TPSA) is 77.8 Å². The molecule has 0 aliphatic heterocycles. The number of fused-ring (bicyclic) bond motifs is 8. The lowest BCUT2D eigenvalue weighted by Crippen LogP contribution is -2.01. The molecule has 8 aromatic carbocycles. The van der Waals surface area contributed by atoms with Crippen molar-refractivity contribution in [3.05, 3.63) is 182 Å². The molecule has 0 N–H and O–H groups in total. The first-order valence-electron chi connectivity index (χ1n) is 19.3. The highest BCUT2D eigenvalue weighted by Crippen LogP contribution is 2.45. The van der Waals surface area contributed by atoms with E-state index in [0.717, 1.165) is 105 Å². The van der Waals surface area contributed by atoms with Gasteiger partial charge >= 0.3 is 0 Å². The Morgan fingerprint density at radius 2 is 0.948 bits per heavy atom. The van der Waals surface area contributed by atoms with Gasteiger partial charge in [0.05, 0.1) is 10.9 Å². The van der Waals surface area contributed by atoms with Gasteiger partial charge in [-0.2, -0.15) is 0 Å². The van der Waals surface area contributed by atoms with Gasteiger partial charge in [-0.1, -0.05) is 140 Å². The van der Waals surface area contributed by atoms with Gasteiger partial charge < -0.3 is 8.83 Å². The van der Waals surface area contributed by atoms with E-state index < -0.39 is 0 Å². The van der Waals surface area contributed by atoms with Crippen LogP contribution in [0.5, 0.6) is 0 Å². The van der Waals surface area contributed by atoms with Crippen LogP contribution < -0.4 is 0 Å². The smallest absolute Gasteiger partial charge is 0.164 e. The van der Waals surface area contributed by atoms with Crippen LogP contribution in [-0.4, -0.2) is 19.9 Å². The van der Waals surface area contributed by atoms with E-state index in [-0.39, 0.29) is 0 Å². The third-order valence-electron chi connectivity index (χ3n) is 11.1. The Kier molecular flexibility index (Phi) is 7.13. The Hall–Kier alpha value is -7.96. The molecule has 0 saturated heterocycles. The van der Waals surface area contributed by atoms with Gasteiger partial charge in [-0.05, 0) is 69.9 Å². The summed E-state index contributed by atoms with van der Waals surface area (Å²) in [7, 11) is 0. The van der Waals surface area contributed by atoms with Crippen LogP contribution in [0.25, 0.3) is 122 Å². The van der Waals surface area contributed by atoms with Crippen LogP contribution in [0, 0.1) is 0 Å². The summed E-state index contributed by atoms with van der Waals surface area (Å²) in [6.07, 6.45) is 0. The molecule has 0 atom stereocenters. The Balaban J connectivity index is 1.18. The normalized spacial score (nSPS) is 11.8. The molecule has 0 unspecified atom stereocenters. The van der Waals surface area contributed by atoms with Crippen molar-refractivity contribution in [2.24, 2.45) is 0 Å². The summed E-state index contributed by atoms with van der Waals surface area (Å²) in [5.74, 6) is 1.70. The summed E-state index contributed by atoms with van der Waals surface area (Å²) >= 11 is 0. The van der Waals surface area contributed by atoms with Crippen LogP contribution in [0.3, 0.4) is 0 Å². The molecule has 6 heteroatoms. The molecule has 0 saturated carbocycles. The molecule has 58 heavy (non-hydrogen) atoms. The summed E-state index contributed by atoms with van der Waals surface area (Å²) in [5.41, 5.74) is 11.5. The average molecular weight is 743 g/mol. The van der Waals surface area contributed by atoms with Gasteiger partial charge in [0.25, 0.3) is 0 Å². The second-order valence-electron chi connectivity index (χ2n) is 14.6. The van der Waals surface area contributed by atoms with Crippen molar-refractivity contribution in [1.29, 1.82) is 0 Å². The average Bonchev–Trinajstić information content (AvgIpc) is 3.86. The monoisotopic (exact) mass is 742 g/mol. The van der Waals surface area contributed by atoms with Crippen molar-refractivity contribution in [3.8, 4) is 56.4 Å². The van der Waals surface area contributed by atoms with E-state index in [0.29, 0.717) is 17.5 Å². The quantitative estimate of drug-likeness (QED) is 0.175. The fourth-order valence-corrected chi connectivity index (χ4v) is 8.40. The van der Waals surface area contributed by atoms with Crippen molar-refractivity contribution in [2.75, 3.05) is 0 Å². The van der Waals surface area contributed by atoms with E-state index in [4.69, 9.17) is 28.8 Å². The van der Waals surface area contributed by atoms with Crippen LogP contribution in [-0.2, 0) is 0 Å². The molecule has 270 valence electrons. The SMILES string of the molecule is c1ccc(-c2nc(-c3cc4ccccc4cc3-c3ccc(-c4ccccc4)c4oc5cc6ccccc6nc5c34)nc(-c3cccc4oc5ccccc5c34)n2)cc1. The molecule has 0 aliphatic rings. The highest BCUT2D eigenvalue weighted by molar-refractivity contribution is 6.18. The lowest BCUT2D eigenvalue weighted by Gasteiger charge is -2.15. The van der Waals surface area contributed by atoms with Crippen molar-refractivity contribution < 1.29 is 8.83 Å². The minimum Gasteiger partial charge on any atom is -0.456 e. The first-order valence-corrected chi connectivity index (χ1v) is 19.3. The first kappa shape index (κ1) is 32.3. The highest BCUT2D eigenvalue weighted by atomic mass is 16.3. The predicted molar refractivity (Wildman–Crippen MR) is 234 cm³/mol. The molecule has 12 rings (SSSR count). The fourth-order valence-electron chi connectivity index (χ4n) is 8.40. The predicted octanol–water partition coefficient (Wildman–Crippen LogP) is 13.7. The minimum atomic E-state index is 0.556. The molecule has 6 nitrogen and oxygen atoms in total. The van der Waals surface area contributed by atoms with E-state index in [1.165, 1.54) is 0 Å². The number of hydrogen-bond acceptors (Lipinski definition) is 6. The summed E-state index contributed by atoms with van der Waals surface area (Å²) < 4.78 is 13.2. The minimum absolute atomic E-state index is 0.556. The molecule has 4 heterocycles. The van der Waals surface area contributed by atoms with Crippen LogP contribution in [0.15, 0.2) is 191 Å². The maximum absolute atomic E-state index is 6.85. The lowest BCUT2D eigenvalue weighted by molar-refractivity contribution is 0.669. The molecule has 0 spiro atoms. The van der Waals surface area contributed by atoms with Crippen LogP contribution >= 0.6 is 0 Å².